The molecule has 0 unspecified atom stereocenters. The van der Waals surface area contributed by atoms with E-state index in [1.54, 1.807) is 30.6 Å². The summed E-state index contributed by atoms with van der Waals surface area (Å²) in [6, 6.07) is 9.14. The Morgan fingerprint density at radius 3 is 2.91 bits per heavy atom. The summed E-state index contributed by atoms with van der Waals surface area (Å²) >= 11 is 0. The summed E-state index contributed by atoms with van der Waals surface area (Å²) in [5, 5.41) is 19.6. The number of amides is 1. The number of nitrogens with two attached hydrogens (primary N) is 1. The van der Waals surface area contributed by atoms with Crippen LogP contribution in [0.2, 0.25) is 0 Å². The predicted octanol–water partition coefficient (Wildman–Crippen LogP) is 2.87. The number of carbonyl (C=O) groups is 1. The Balaban J connectivity index is 2.12. The molecule has 2 aromatic rings. The van der Waals surface area contributed by atoms with Crippen molar-refractivity contribution in [2.75, 3.05) is 12.3 Å². The van der Waals surface area contributed by atoms with Gasteiger partial charge in [-0.05, 0) is 30.2 Å². The van der Waals surface area contributed by atoms with Gasteiger partial charge in [0, 0.05) is 35.8 Å². The average Bonchev–Trinajstić information content (AvgIpc) is 2.54. The van der Waals surface area contributed by atoms with Gasteiger partial charge in [-0.1, -0.05) is 18.2 Å². The lowest BCUT2D eigenvalue weighted by atomic mass is 10.0. The van der Waals surface area contributed by atoms with Gasteiger partial charge in [0.05, 0.1) is 11.6 Å². The van der Waals surface area contributed by atoms with Gasteiger partial charge in [0.1, 0.15) is 0 Å². The van der Waals surface area contributed by atoms with Crippen LogP contribution in [0.5, 0.6) is 0 Å². The minimum atomic E-state index is -1.03. The molecule has 0 aliphatic carbocycles. The summed E-state index contributed by atoms with van der Waals surface area (Å²) in [7, 11) is 0. The zero-order chi connectivity index (χ0) is 16.7. The third-order valence-electron chi connectivity index (χ3n) is 3.15. The normalized spacial score (nSPS) is 10.4. The predicted molar refractivity (Wildman–Crippen MR) is 88.5 cm³/mol. The molecule has 6 nitrogen and oxygen atoms in total. The highest BCUT2D eigenvalue weighted by atomic mass is 16.4. The molecule has 116 valence electrons. The van der Waals surface area contributed by atoms with Crippen LogP contribution in [-0.4, -0.2) is 22.7 Å². The van der Waals surface area contributed by atoms with E-state index >= 15 is 0 Å². The van der Waals surface area contributed by atoms with E-state index in [0.29, 0.717) is 24.2 Å². The average molecular weight is 308 g/mol. The maximum Gasteiger partial charge on any atom is 0.404 e. The largest absolute Gasteiger partial charge is 0.465 e. The third kappa shape index (κ3) is 4.58. The first-order valence-corrected chi connectivity index (χ1v) is 6.98. The fourth-order valence-corrected chi connectivity index (χ4v) is 2.07. The first kappa shape index (κ1) is 16.0. The second-order valence-corrected chi connectivity index (χ2v) is 4.84. The van der Waals surface area contributed by atoms with E-state index in [0.717, 1.165) is 16.7 Å². The van der Waals surface area contributed by atoms with Crippen LogP contribution < -0.4 is 11.1 Å². The van der Waals surface area contributed by atoms with Crippen molar-refractivity contribution in [1.82, 2.24) is 10.3 Å². The van der Waals surface area contributed by atoms with Crippen LogP contribution in [0.25, 0.3) is 17.2 Å². The first-order chi connectivity index (χ1) is 11.1. The van der Waals surface area contributed by atoms with Gasteiger partial charge in [0.25, 0.3) is 0 Å². The molecule has 1 amide bonds. The molecule has 0 saturated carbocycles. The lowest BCUT2D eigenvalue weighted by Gasteiger charge is -2.06. The number of nitrogens with one attached hydrogen (secondary N) is 1. The molecule has 23 heavy (non-hydrogen) atoms. The van der Waals surface area contributed by atoms with Crippen LogP contribution >= 0.6 is 0 Å². The van der Waals surface area contributed by atoms with Crippen molar-refractivity contribution in [2.45, 2.75) is 6.42 Å². The Labute approximate surface area is 133 Å². The molecule has 0 aliphatic rings. The highest BCUT2D eigenvalue weighted by Gasteiger charge is 2.04. The van der Waals surface area contributed by atoms with E-state index < -0.39 is 6.09 Å². The van der Waals surface area contributed by atoms with Crippen LogP contribution in [0, 0.1) is 11.3 Å². The van der Waals surface area contributed by atoms with Crippen molar-refractivity contribution in [3.63, 3.8) is 0 Å². The zero-order valence-corrected chi connectivity index (χ0v) is 12.4. The molecule has 0 aliphatic heterocycles. The van der Waals surface area contributed by atoms with Crippen molar-refractivity contribution in [1.29, 1.82) is 5.26 Å². The number of benzene rings is 1. The second-order valence-electron chi connectivity index (χ2n) is 4.84. The molecule has 1 aromatic heterocycles. The smallest absolute Gasteiger partial charge is 0.404 e. The lowest BCUT2D eigenvalue weighted by Crippen LogP contribution is -2.21. The van der Waals surface area contributed by atoms with Gasteiger partial charge < -0.3 is 16.2 Å². The Morgan fingerprint density at radius 1 is 1.39 bits per heavy atom. The molecule has 0 radical (unpaired) electrons. The number of hydrogen-bond acceptors (Lipinski definition) is 4. The fourth-order valence-electron chi connectivity index (χ4n) is 2.07. The number of aromatic nitrogens is 1. The van der Waals surface area contributed by atoms with Gasteiger partial charge in [-0.2, -0.15) is 5.26 Å². The fraction of sp³-hybridized carbons (Fsp3) is 0.118. The summed E-state index contributed by atoms with van der Waals surface area (Å²) in [6.07, 6.45) is 6.73. The number of rotatable bonds is 5. The lowest BCUT2D eigenvalue weighted by molar-refractivity contribution is 0.194. The third-order valence-corrected chi connectivity index (χ3v) is 3.15. The quantitative estimate of drug-likeness (QED) is 0.581. The van der Waals surface area contributed by atoms with Crippen LogP contribution in [0.1, 0.15) is 17.5 Å². The van der Waals surface area contributed by atoms with Crippen LogP contribution in [0.15, 0.2) is 42.7 Å². The van der Waals surface area contributed by atoms with Crippen LogP contribution in [0.4, 0.5) is 10.5 Å². The van der Waals surface area contributed by atoms with Crippen LogP contribution in [0.3, 0.4) is 0 Å². The molecule has 0 spiro atoms. The number of nitrogen functional groups attached to an aromatic ring is 1. The maximum atomic E-state index is 10.3. The number of nitriles is 1. The Morgan fingerprint density at radius 2 is 2.22 bits per heavy atom. The van der Waals surface area contributed by atoms with Crippen LogP contribution in [-0.2, 0) is 0 Å². The number of nitrogens with zero attached hydrogens (tertiary/aromatic N) is 2. The standard InChI is InChI=1S/C17H16N4O2/c18-9-12-4-5-15(16(19)8-12)14-7-13(10-20-11-14)3-1-2-6-21-17(22)23/h1,3-5,7-8,10-11,21H,2,6,19H2,(H,22,23). The maximum absolute atomic E-state index is 10.3. The zero-order valence-electron chi connectivity index (χ0n) is 12.4. The molecule has 0 saturated heterocycles. The Kier molecular flexibility index (Phi) is 5.31. The Hall–Kier alpha value is -3.33. The van der Waals surface area contributed by atoms with E-state index in [4.69, 9.17) is 16.1 Å². The van der Waals surface area contributed by atoms with Crippen molar-refractivity contribution in [3.8, 4) is 17.2 Å². The van der Waals surface area contributed by atoms with Crippen molar-refractivity contribution in [3.05, 3.63) is 53.9 Å². The molecule has 0 atom stereocenters. The number of hydrogen-bond donors (Lipinski definition) is 3. The number of carboxylic acid groups (broad SMARTS) is 1. The molecule has 1 aromatic carbocycles. The molecule has 6 heteroatoms. The van der Waals surface area contributed by atoms with E-state index in [1.807, 2.05) is 18.2 Å². The summed E-state index contributed by atoms with van der Waals surface area (Å²) in [5.41, 5.74) is 9.60. The molecular weight excluding hydrogens is 292 g/mol. The molecular formula is C17H16N4O2. The first-order valence-electron chi connectivity index (χ1n) is 6.98. The van der Waals surface area contributed by atoms with Crippen molar-refractivity contribution >= 4 is 17.9 Å². The van der Waals surface area contributed by atoms with Gasteiger partial charge in [-0.3, -0.25) is 4.98 Å². The summed E-state index contributed by atoms with van der Waals surface area (Å²) in [5.74, 6) is 0. The van der Waals surface area contributed by atoms with Crippen molar-refractivity contribution < 1.29 is 9.90 Å². The summed E-state index contributed by atoms with van der Waals surface area (Å²) in [6.45, 7) is 0.363. The van der Waals surface area contributed by atoms with E-state index in [2.05, 4.69) is 16.4 Å². The summed E-state index contributed by atoms with van der Waals surface area (Å²) in [4.78, 5) is 14.5. The highest BCUT2D eigenvalue weighted by molar-refractivity contribution is 5.78. The Bertz CT molecular complexity index is 778. The van der Waals surface area contributed by atoms with Gasteiger partial charge in [-0.15, -0.1) is 0 Å². The second kappa shape index (κ2) is 7.61. The minimum absolute atomic E-state index is 0.363. The van der Waals surface area contributed by atoms with Gasteiger partial charge in [0.15, 0.2) is 0 Å². The van der Waals surface area contributed by atoms with E-state index in [-0.39, 0.29) is 0 Å². The van der Waals surface area contributed by atoms with Gasteiger partial charge in [0.2, 0.25) is 0 Å². The van der Waals surface area contributed by atoms with E-state index in [9.17, 15) is 4.79 Å². The molecule has 4 N–H and O–H groups in total. The molecule has 0 fully saturated rings. The number of pyridine rings is 1. The molecule has 0 bridgehead atoms. The minimum Gasteiger partial charge on any atom is -0.465 e. The van der Waals surface area contributed by atoms with E-state index in [1.165, 1.54) is 0 Å². The SMILES string of the molecule is N#Cc1ccc(-c2cncc(C=CCCNC(=O)O)c2)c(N)c1. The number of anilines is 1. The topological polar surface area (TPSA) is 112 Å². The molecule has 2 rings (SSSR count). The monoisotopic (exact) mass is 308 g/mol. The highest BCUT2D eigenvalue weighted by Crippen LogP contribution is 2.27. The summed E-state index contributed by atoms with van der Waals surface area (Å²) < 4.78 is 0. The van der Waals surface area contributed by atoms with Gasteiger partial charge in [-0.25, -0.2) is 4.79 Å². The molecule has 1 heterocycles. The van der Waals surface area contributed by atoms with Crippen molar-refractivity contribution in [2.24, 2.45) is 0 Å². The van der Waals surface area contributed by atoms with Gasteiger partial charge >= 0.3 is 6.09 Å².